The lowest BCUT2D eigenvalue weighted by Gasteiger charge is -2.43. The number of ether oxygens (including phenoxy) is 2. The third kappa shape index (κ3) is 4.52. The molecule has 0 aliphatic carbocycles. The number of azide groups is 2. The van der Waals surface area contributed by atoms with Gasteiger partial charge in [0.05, 0.1) is 0 Å². The van der Waals surface area contributed by atoms with E-state index in [0.29, 0.717) is 0 Å². The van der Waals surface area contributed by atoms with Crippen molar-refractivity contribution in [3.63, 3.8) is 0 Å². The van der Waals surface area contributed by atoms with E-state index >= 15 is 0 Å². The van der Waals surface area contributed by atoms with E-state index in [-0.39, 0.29) is 0 Å². The summed E-state index contributed by atoms with van der Waals surface area (Å²) in [6, 6.07) is 38.0. The molecule has 8 heteroatoms. The highest BCUT2D eigenvalue weighted by molar-refractivity contribution is 5.46. The molecule has 0 amide bonds. The lowest BCUT2D eigenvalue weighted by atomic mass is 9.69. The normalized spacial score (nSPS) is 18.5. The van der Waals surface area contributed by atoms with Gasteiger partial charge in [-0.3, -0.25) is 0 Å². The molecule has 0 aromatic heterocycles. The second kappa shape index (κ2) is 10.7. The molecule has 1 heterocycles. The maximum absolute atomic E-state index is 10.0. The molecule has 0 saturated carbocycles. The van der Waals surface area contributed by atoms with Crippen molar-refractivity contribution in [1.29, 1.82) is 0 Å². The Morgan fingerprint density at radius 1 is 0.538 bits per heavy atom. The summed E-state index contributed by atoms with van der Waals surface area (Å²) in [5.74, 6) is -1.10. The molecule has 0 N–H and O–H groups in total. The van der Waals surface area contributed by atoms with Gasteiger partial charge >= 0.3 is 0 Å². The Morgan fingerprint density at radius 3 is 1.03 bits per heavy atom. The highest BCUT2D eigenvalue weighted by atomic mass is 16.8. The van der Waals surface area contributed by atoms with Crippen molar-refractivity contribution >= 4 is 0 Å². The summed E-state index contributed by atoms with van der Waals surface area (Å²) in [6.07, 6.45) is -1.81. The Balaban J connectivity index is 1.89. The molecule has 1 aliphatic rings. The molecule has 39 heavy (non-hydrogen) atoms. The Morgan fingerprint density at radius 2 is 0.795 bits per heavy atom. The number of rotatable bonds is 8. The standard InChI is InChI=1S/C31H28N6O2/c1-29(2)38-27(30(34-36-32,23-15-7-3-8-16-23)24-17-9-4-10-18-24)28(39-29)31(35-37-33,25-19-11-5-12-20-25)26-21-13-6-14-22-26/h3-22,27-28H,1-2H3/t27-,28-/m1/s1. The van der Waals surface area contributed by atoms with E-state index in [0.717, 1.165) is 22.3 Å². The van der Waals surface area contributed by atoms with Crippen molar-refractivity contribution < 1.29 is 9.47 Å². The third-order valence-corrected chi connectivity index (χ3v) is 7.18. The minimum atomic E-state index is -1.37. The minimum Gasteiger partial charge on any atom is -0.343 e. The largest absolute Gasteiger partial charge is 0.343 e. The van der Waals surface area contributed by atoms with E-state index in [1.165, 1.54) is 0 Å². The van der Waals surface area contributed by atoms with Crippen LogP contribution in [0.3, 0.4) is 0 Å². The Bertz CT molecular complexity index is 1310. The van der Waals surface area contributed by atoms with Gasteiger partial charge in [-0.2, -0.15) is 0 Å². The molecule has 1 fully saturated rings. The molecule has 1 aliphatic heterocycles. The highest BCUT2D eigenvalue weighted by Crippen LogP contribution is 2.53. The van der Waals surface area contributed by atoms with Crippen LogP contribution in [0, 0.1) is 0 Å². The quantitative estimate of drug-likeness (QED) is 0.134. The summed E-state index contributed by atoms with van der Waals surface area (Å²) in [6.45, 7) is 3.63. The molecule has 194 valence electrons. The molecule has 4 aromatic carbocycles. The summed E-state index contributed by atoms with van der Waals surface area (Å²) in [4.78, 5) is 6.69. The summed E-state index contributed by atoms with van der Waals surface area (Å²) in [7, 11) is 0. The average Bonchev–Trinajstić information content (AvgIpc) is 3.32. The van der Waals surface area contributed by atoms with Crippen LogP contribution < -0.4 is 0 Å². The molecule has 2 atom stereocenters. The first-order chi connectivity index (χ1) is 19.0. The van der Waals surface area contributed by atoms with Crippen LogP contribution in [0.25, 0.3) is 20.9 Å². The van der Waals surface area contributed by atoms with Gasteiger partial charge in [-0.25, -0.2) is 0 Å². The van der Waals surface area contributed by atoms with E-state index in [2.05, 4.69) is 20.1 Å². The molecular formula is C31H28N6O2. The smallest absolute Gasteiger partial charge is 0.163 e. The lowest BCUT2D eigenvalue weighted by molar-refractivity contribution is -0.154. The van der Waals surface area contributed by atoms with Crippen LogP contribution in [0.2, 0.25) is 0 Å². The fraction of sp³-hybridized carbons (Fsp3) is 0.226. The molecular weight excluding hydrogens is 488 g/mol. The first kappa shape index (κ1) is 26.0. The van der Waals surface area contributed by atoms with Gasteiger partial charge in [0.2, 0.25) is 0 Å². The third-order valence-electron chi connectivity index (χ3n) is 7.18. The van der Waals surface area contributed by atoms with Gasteiger partial charge in [-0.05, 0) is 47.2 Å². The van der Waals surface area contributed by atoms with E-state index in [1.54, 1.807) is 0 Å². The van der Waals surface area contributed by atoms with Gasteiger partial charge in [0.1, 0.15) is 23.3 Å². The van der Waals surface area contributed by atoms with Crippen molar-refractivity contribution in [3.8, 4) is 0 Å². The van der Waals surface area contributed by atoms with Crippen molar-refractivity contribution in [2.24, 2.45) is 10.2 Å². The average molecular weight is 517 g/mol. The fourth-order valence-corrected chi connectivity index (χ4v) is 5.62. The van der Waals surface area contributed by atoms with Gasteiger partial charge in [-0.15, -0.1) is 0 Å². The van der Waals surface area contributed by atoms with Crippen LogP contribution in [-0.2, 0) is 20.6 Å². The summed E-state index contributed by atoms with van der Waals surface area (Å²) < 4.78 is 13.4. The summed E-state index contributed by atoms with van der Waals surface area (Å²) >= 11 is 0. The first-order valence-corrected chi connectivity index (χ1v) is 12.7. The SMILES string of the molecule is CC1(C)O[C@@H](C(N=[N+]=[N-])(c2ccccc2)c2ccccc2)[C@H](C(N=[N+]=[N-])(c2ccccc2)c2ccccc2)O1. The van der Waals surface area contributed by atoms with Gasteiger partial charge in [0.25, 0.3) is 0 Å². The molecule has 5 rings (SSSR count). The molecule has 1 saturated heterocycles. The molecule has 0 bridgehead atoms. The fourth-order valence-electron chi connectivity index (χ4n) is 5.62. The predicted octanol–water partition coefficient (Wildman–Crippen LogP) is 8.01. The second-order valence-electron chi connectivity index (χ2n) is 9.85. The van der Waals surface area contributed by atoms with E-state index in [9.17, 15) is 11.1 Å². The predicted molar refractivity (Wildman–Crippen MR) is 149 cm³/mol. The van der Waals surface area contributed by atoms with Crippen LogP contribution >= 0.6 is 0 Å². The molecule has 0 unspecified atom stereocenters. The molecule has 0 radical (unpaired) electrons. The zero-order chi connectivity index (χ0) is 27.3. The molecule has 0 spiro atoms. The van der Waals surface area contributed by atoms with Gasteiger partial charge < -0.3 is 9.47 Å². The van der Waals surface area contributed by atoms with E-state index in [4.69, 9.17) is 9.47 Å². The van der Waals surface area contributed by atoms with Gasteiger partial charge in [-0.1, -0.05) is 132 Å². The summed E-state index contributed by atoms with van der Waals surface area (Å²) in [5.41, 5.74) is 20.2. The van der Waals surface area contributed by atoms with Gasteiger partial charge in [0.15, 0.2) is 5.79 Å². The lowest BCUT2D eigenvalue weighted by Crippen LogP contribution is -2.53. The van der Waals surface area contributed by atoms with Crippen LogP contribution in [-0.4, -0.2) is 18.0 Å². The van der Waals surface area contributed by atoms with Crippen molar-refractivity contribution in [3.05, 3.63) is 164 Å². The van der Waals surface area contributed by atoms with Crippen LogP contribution in [0.1, 0.15) is 36.1 Å². The van der Waals surface area contributed by atoms with Crippen LogP contribution in [0.4, 0.5) is 0 Å². The highest BCUT2D eigenvalue weighted by Gasteiger charge is 2.61. The number of hydrogen-bond acceptors (Lipinski definition) is 4. The second-order valence-corrected chi connectivity index (χ2v) is 9.85. The zero-order valence-electron chi connectivity index (χ0n) is 21.7. The molecule has 8 nitrogen and oxygen atoms in total. The first-order valence-electron chi connectivity index (χ1n) is 12.7. The maximum atomic E-state index is 10.0. The minimum absolute atomic E-state index is 0.723. The Kier molecular flexibility index (Phi) is 7.11. The van der Waals surface area contributed by atoms with Crippen molar-refractivity contribution in [2.75, 3.05) is 0 Å². The number of nitrogens with zero attached hydrogens (tertiary/aromatic N) is 6. The maximum Gasteiger partial charge on any atom is 0.163 e. The number of hydrogen-bond donors (Lipinski definition) is 0. The van der Waals surface area contributed by atoms with Crippen LogP contribution in [0.15, 0.2) is 132 Å². The summed E-state index contributed by atoms with van der Waals surface area (Å²) in [5, 5.41) is 8.99. The van der Waals surface area contributed by atoms with Crippen molar-refractivity contribution in [2.45, 2.75) is 42.9 Å². The van der Waals surface area contributed by atoms with E-state index < -0.39 is 29.1 Å². The van der Waals surface area contributed by atoms with Crippen molar-refractivity contribution in [1.82, 2.24) is 0 Å². The van der Waals surface area contributed by atoms with Gasteiger partial charge in [0, 0.05) is 9.82 Å². The Labute approximate surface area is 227 Å². The van der Waals surface area contributed by atoms with Crippen LogP contribution in [0.5, 0.6) is 0 Å². The molecule has 4 aromatic rings. The zero-order valence-corrected chi connectivity index (χ0v) is 21.7. The topological polar surface area (TPSA) is 116 Å². The monoisotopic (exact) mass is 516 g/mol. The van der Waals surface area contributed by atoms with E-state index in [1.807, 2.05) is 135 Å². The Hall–Kier alpha value is -4.58. The number of benzene rings is 4.